The molecular formula is C7H4ClFO2. The lowest BCUT2D eigenvalue weighted by Crippen LogP contribution is -1.97. The molecule has 0 aromatic heterocycles. The Morgan fingerprint density at radius 3 is 2.64 bits per heavy atom. The van der Waals surface area contributed by atoms with E-state index in [4.69, 9.17) is 11.6 Å². The topological polar surface area (TPSA) is 26.3 Å². The van der Waals surface area contributed by atoms with Crippen molar-refractivity contribution in [2.75, 3.05) is 0 Å². The molecule has 1 rings (SSSR count). The quantitative estimate of drug-likeness (QED) is 0.612. The van der Waals surface area contributed by atoms with Crippen molar-refractivity contribution in [3.8, 4) is 5.75 Å². The molecule has 0 amide bonds. The minimum absolute atomic E-state index is 0.160. The second kappa shape index (κ2) is 3.34. The van der Waals surface area contributed by atoms with E-state index in [0.29, 0.717) is 0 Å². The maximum atomic E-state index is 12.6. The van der Waals surface area contributed by atoms with E-state index >= 15 is 0 Å². The van der Waals surface area contributed by atoms with Gasteiger partial charge in [-0.3, -0.25) is 0 Å². The van der Waals surface area contributed by atoms with Crippen molar-refractivity contribution in [2.24, 2.45) is 0 Å². The molecule has 0 heterocycles. The summed E-state index contributed by atoms with van der Waals surface area (Å²) in [6.07, 6.45) is 0. The molecule has 0 aliphatic rings. The zero-order valence-electron chi connectivity index (χ0n) is 5.38. The summed E-state index contributed by atoms with van der Waals surface area (Å²) in [6, 6.07) is 5.52. The third kappa shape index (κ3) is 2.20. The van der Waals surface area contributed by atoms with Crippen LogP contribution >= 0.6 is 11.6 Å². The first-order valence-corrected chi connectivity index (χ1v) is 3.20. The Kier molecular flexibility index (Phi) is 2.44. The van der Waals surface area contributed by atoms with Crippen LogP contribution in [0, 0.1) is 5.82 Å². The Hall–Kier alpha value is -1.09. The number of benzene rings is 1. The smallest absolute Gasteiger partial charge is 0.409 e. The molecule has 0 atom stereocenters. The van der Waals surface area contributed by atoms with E-state index in [0.717, 1.165) is 0 Å². The van der Waals surface area contributed by atoms with Crippen LogP contribution in [0.3, 0.4) is 0 Å². The van der Waals surface area contributed by atoms with Gasteiger partial charge in [-0.25, -0.2) is 9.18 Å². The Morgan fingerprint density at radius 2 is 2.09 bits per heavy atom. The molecule has 0 aliphatic heterocycles. The number of rotatable bonds is 1. The molecule has 1 aromatic rings. The van der Waals surface area contributed by atoms with Crippen LogP contribution < -0.4 is 4.74 Å². The van der Waals surface area contributed by atoms with Gasteiger partial charge in [0.15, 0.2) is 11.6 Å². The molecule has 1 aromatic carbocycles. The molecule has 2 nitrogen and oxygen atoms in total. The predicted molar refractivity (Wildman–Crippen MR) is 38.3 cm³/mol. The Balaban J connectivity index is 2.86. The Morgan fingerprint density at radius 1 is 1.45 bits per heavy atom. The van der Waals surface area contributed by atoms with E-state index in [1.807, 2.05) is 0 Å². The third-order valence-corrected chi connectivity index (χ3v) is 1.10. The van der Waals surface area contributed by atoms with Gasteiger partial charge in [0, 0.05) is 11.6 Å². The highest BCUT2D eigenvalue weighted by molar-refractivity contribution is 6.61. The molecule has 0 radical (unpaired) electrons. The van der Waals surface area contributed by atoms with Crippen molar-refractivity contribution in [3.63, 3.8) is 0 Å². The first-order chi connectivity index (χ1) is 5.20. The van der Waals surface area contributed by atoms with E-state index < -0.39 is 11.2 Å². The zero-order valence-corrected chi connectivity index (χ0v) is 6.14. The number of carbonyl (C=O) groups excluding carboxylic acids is 1. The van der Waals surface area contributed by atoms with E-state index in [1.54, 1.807) is 0 Å². The second-order valence-corrected chi connectivity index (χ2v) is 2.08. The monoisotopic (exact) mass is 174 g/mol. The van der Waals surface area contributed by atoms with E-state index in [1.165, 1.54) is 24.3 Å². The van der Waals surface area contributed by atoms with Crippen LogP contribution in [0.5, 0.6) is 5.75 Å². The van der Waals surface area contributed by atoms with Gasteiger partial charge in [-0.05, 0) is 12.1 Å². The highest BCUT2D eigenvalue weighted by Gasteiger charge is 2.04. The van der Waals surface area contributed by atoms with Crippen LogP contribution in [0.15, 0.2) is 24.3 Å². The second-order valence-electron chi connectivity index (χ2n) is 1.77. The average Bonchev–Trinajstić information content (AvgIpc) is 1.93. The highest BCUT2D eigenvalue weighted by Crippen LogP contribution is 2.15. The van der Waals surface area contributed by atoms with E-state index in [-0.39, 0.29) is 5.75 Å². The largest absolute Gasteiger partial charge is 0.411 e. The molecular weight excluding hydrogens is 171 g/mol. The Labute approximate surface area is 67.5 Å². The summed E-state index contributed by atoms with van der Waals surface area (Å²) in [7, 11) is 0. The van der Waals surface area contributed by atoms with Gasteiger partial charge in [0.1, 0.15) is 0 Å². The van der Waals surface area contributed by atoms with Gasteiger partial charge in [0.2, 0.25) is 0 Å². The summed E-state index contributed by atoms with van der Waals surface area (Å²) >= 11 is 4.86. The lowest BCUT2D eigenvalue weighted by Gasteiger charge is -1.98. The molecule has 0 aliphatic carbocycles. The van der Waals surface area contributed by atoms with Crippen molar-refractivity contribution in [1.29, 1.82) is 0 Å². The fraction of sp³-hybridized carbons (Fsp3) is 0. The maximum Gasteiger partial charge on any atom is 0.409 e. The van der Waals surface area contributed by atoms with E-state index in [9.17, 15) is 9.18 Å². The normalized spacial score (nSPS) is 9.27. The number of ether oxygens (including phenoxy) is 1. The van der Waals surface area contributed by atoms with Crippen LogP contribution in [0.1, 0.15) is 0 Å². The number of hydrogen-bond donors (Lipinski definition) is 0. The molecule has 11 heavy (non-hydrogen) atoms. The van der Waals surface area contributed by atoms with Gasteiger partial charge in [0.25, 0.3) is 0 Å². The lowest BCUT2D eigenvalue weighted by molar-refractivity contribution is 0.223. The summed E-state index contributed by atoms with van der Waals surface area (Å²) in [5.41, 5.74) is -1.05. The molecule has 4 heteroatoms. The van der Waals surface area contributed by atoms with Gasteiger partial charge in [0.05, 0.1) is 0 Å². The molecule has 0 saturated heterocycles. The van der Waals surface area contributed by atoms with Crippen molar-refractivity contribution < 1.29 is 13.9 Å². The summed E-state index contributed by atoms with van der Waals surface area (Å²) in [5.74, 6) is -0.769. The van der Waals surface area contributed by atoms with Crippen LogP contribution in [0.2, 0.25) is 0 Å². The van der Waals surface area contributed by atoms with Crippen molar-refractivity contribution in [3.05, 3.63) is 30.1 Å². The molecule has 58 valence electrons. The van der Waals surface area contributed by atoms with Crippen LogP contribution in [-0.4, -0.2) is 5.43 Å². The zero-order chi connectivity index (χ0) is 8.27. The average molecular weight is 175 g/mol. The van der Waals surface area contributed by atoms with Crippen LogP contribution in [-0.2, 0) is 0 Å². The van der Waals surface area contributed by atoms with Crippen molar-refractivity contribution in [1.82, 2.24) is 0 Å². The van der Waals surface area contributed by atoms with Gasteiger partial charge >= 0.3 is 5.43 Å². The summed E-state index contributed by atoms with van der Waals surface area (Å²) in [4.78, 5) is 10.1. The first-order valence-electron chi connectivity index (χ1n) is 2.82. The van der Waals surface area contributed by atoms with Crippen LogP contribution in [0.25, 0.3) is 0 Å². The molecule has 0 fully saturated rings. The fourth-order valence-corrected chi connectivity index (χ4v) is 0.697. The maximum absolute atomic E-state index is 12.6. The standard InChI is InChI=1S/C7H4ClFO2/c8-7(10)11-6-4-2-1-3-5(6)9/h1-4H. The fourth-order valence-electron chi connectivity index (χ4n) is 0.614. The molecule has 0 N–H and O–H groups in total. The molecule has 0 unspecified atom stereocenters. The lowest BCUT2D eigenvalue weighted by atomic mass is 10.3. The van der Waals surface area contributed by atoms with Crippen LogP contribution in [0.4, 0.5) is 9.18 Å². The molecule has 0 saturated carbocycles. The van der Waals surface area contributed by atoms with Crippen molar-refractivity contribution in [2.45, 2.75) is 0 Å². The number of hydrogen-bond acceptors (Lipinski definition) is 2. The highest BCUT2D eigenvalue weighted by atomic mass is 35.5. The van der Waals surface area contributed by atoms with Gasteiger partial charge < -0.3 is 4.74 Å². The Bertz CT molecular complexity index is 275. The number of halogens is 2. The predicted octanol–water partition coefficient (Wildman–Crippen LogP) is 2.56. The minimum Gasteiger partial charge on any atom is -0.411 e. The molecule has 0 bridgehead atoms. The number of carbonyl (C=O) groups is 1. The summed E-state index contributed by atoms with van der Waals surface area (Å²) in [5, 5.41) is 0. The number of para-hydroxylation sites is 1. The summed E-state index contributed by atoms with van der Waals surface area (Å²) < 4.78 is 16.9. The SMILES string of the molecule is O=C(Cl)Oc1ccccc1F. The van der Waals surface area contributed by atoms with Gasteiger partial charge in [-0.2, -0.15) is 0 Å². The third-order valence-electron chi connectivity index (χ3n) is 1.03. The van der Waals surface area contributed by atoms with Gasteiger partial charge in [-0.1, -0.05) is 12.1 Å². The van der Waals surface area contributed by atoms with Gasteiger partial charge in [-0.15, -0.1) is 0 Å². The van der Waals surface area contributed by atoms with E-state index in [2.05, 4.69) is 4.74 Å². The van der Waals surface area contributed by atoms with Crippen molar-refractivity contribution >= 4 is 17.0 Å². The minimum atomic E-state index is -1.05. The first kappa shape index (κ1) is 8.01. The summed E-state index contributed by atoms with van der Waals surface area (Å²) in [6.45, 7) is 0. The molecule has 0 spiro atoms.